The number of halogens is 1. The van der Waals surface area contributed by atoms with Crippen LogP contribution in [0.5, 0.6) is 0 Å². The molecule has 0 saturated heterocycles. The number of ketones is 1. The van der Waals surface area contributed by atoms with Gasteiger partial charge in [-0.15, -0.1) is 0 Å². The highest BCUT2D eigenvalue weighted by molar-refractivity contribution is 5.82. The summed E-state index contributed by atoms with van der Waals surface area (Å²) in [4.78, 5) is 12.5. The van der Waals surface area contributed by atoms with Crippen molar-refractivity contribution in [3.05, 3.63) is 12.2 Å². The van der Waals surface area contributed by atoms with E-state index in [-0.39, 0.29) is 18.2 Å². The molecule has 1 atom stereocenters. The quantitative estimate of drug-likeness (QED) is 0.0457. The van der Waals surface area contributed by atoms with Crippen LogP contribution in [0.25, 0.3) is 0 Å². The van der Waals surface area contributed by atoms with Crippen molar-refractivity contribution in [2.45, 2.75) is 200 Å². The predicted octanol–water partition coefficient (Wildman–Crippen LogP) is 8.52. The summed E-state index contributed by atoms with van der Waals surface area (Å²) in [6, 6.07) is 0. The number of unbranched alkanes of at least 4 members (excludes halogenated alkanes) is 24. The lowest BCUT2D eigenvalue weighted by Crippen LogP contribution is -3.00. The summed E-state index contributed by atoms with van der Waals surface area (Å²) < 4.78 is 0.748. The number of aliphatic hydroxyl groups excluding tert-OH is 1. The summed E-state index contributed by atoms with van der Waals surface area (Å²) in [5.74, 6) is 0.0507. The maximum atomic E-state index is 12.5. The average Bonchev–Trinajstić information content (AvgIpc) is 2.94. The van der Waals surface area contributed by atoms with E-state index in [0.717, 1.165) is 23.9 Å². The van der Waals surface area contributed by atoms with Crippen molar-refractivity contribution in [3.63, 3.8) is 0 Å². The zero-order chi connectivity index (χ0) is 30.3. The Balaban J connectivity index is 0. The molecule has 0 fully saturated rings. The van der Waals surface area contributed by atoms with E-state index in [2.05, 4.69) is 40.1 Å². The van der Waals surface area contributed by atoms with Crippen molar-refractivity contribution < 1.29 is 26.8 Å². The highest BCUT2D eigenvalue weighted by Gasteiger charge is 2.24. The fraction of sp³-hybridized carbons (Fsp3) is 0.921. The van der Waals surface area contributed by atoms with Gasteiger partial charge in [-0.3, -0.25) is 4.79 Å². The number of quaternary nitrogens is 1. The van der Waals surface area contributed by atoms with E-state index in [4.69, 9.17) is 0 Å². The van der Waals surface area contributed by atoms with E-state index < -0.39 is 6.10 Å². The number of hydrogen-bond acceptors (Lipinski definition) is 2. The Labute approximate surface area is 271 Å². The molecule has 4 heteroatoms. The molecule has 0 amide bonds. The molecule has 0 spiro atoms. The maximum Gasteiger partial charge on any atom is 0.167 e. The van der Waals surface area contributed by atoms with Gasteiger partial charge in [0.05, 0.1) is 20.6 Å². The normalized spacial score (nSPS) is 12.6. The lowest BCUT2D eigenvalue weighted by atomic mass is 10.0. The molecule has 1 unspecified atom stereocenters. The predicted molar refractivity (Wildman–Crippen MR) is 183 cm³/mol. The first-order valence-corrected chi connectivity index (χ1v) is 18.6. The highest BCUT2D eigenvalue weighted by Crippen LogP contribution is 2.15. The third-order valence-corrected chi connectivity index (χ3v) is 8.84. The van der Waals surface area contributed by atoms with Crippen LogP contribution < -0.4 is 12.4 Å². The Hall–Kier alpha value is -0.380. The summed E-state index contributed by atoms with van der Waals surface area (Å²) in [5, 5.41) is 10.5. The van der Waals surface area contributed by atoms with Crippen LogP contribution in [0.2, 0.25) is 0 Å². The number of allylic oxidation sites excluding steroid dienone is 2. The summed E-state index contributed by atoms with van der Waals surface area (Å²) >= 11 is 0. The minimum absolute atomic E-state index is 0. The Morgan fingerprint density at radius 3 is 1.29 bits per heavy atom. The number of Topliss-reactive ketones (excluding diaryl/α,β-unsaturated/α-hetero) is 1. The van der Waals surface area contributed by atoms with E-state index in [1.807, 2.05) is 0 Å². The van der Waals surface area contributed by atoms with Crippen LogP contribution in [0.3, 0.4) is 0 Å². The molecule has 0 heterocycles. The van der Waals surface area contributed by atoms with Crippen LogP contribution in [0.15, 0.2) is 12.2 Å². The van der Waals surface area contributed by atoms with Crippen LogP contribution in [-0.4, -0.2) is 48.7 Å². The number of hydrogen-bond donors (Lipinski definition) is 1. The van der Waals surface area contributed by atoms with Gasteiger partial charge in [-0.1, -0.05) is 154 Å². The molecule has 0 aliphatic rings. The topological polar surface area (TPSA) is 37.3 Å². The van der Waals surface area contributed by atoms with Gasteiger partial charge in [-0.25, -0.2) is 0 Å². The molecule has 252 valence electrons. The van der Waals surface area contributed by atoms with Gasteiger partial charge in [0.2, 0.25) is 0 Å². The first-order chi connectivity index (χ1) is 19.9. The Bertz CT molecular complexity index is 577. The second-order valence-corrected chi connectivity index (χ2v) is 13.8. The number of rotatable bonds is 33. The van der Waals surface area contributed by atoms with Crippen LogP contribution in [0, 0.1) is 0 Å². The zero-order valence-electron chi connectivity index (χ0n) is 29.1. The smallest absolute Gasteiger partial charge is 0.167 e. The van der Waals surface area contributed by atoms with Crippen LogP contribution in [0.1, 0.15) is 194 Å². The van der Waals surface area contributed by atoms with Crippen molar-refractivity contribution in [2.75, 3.05) is 27.2 Å². The number of aliphatic hydroxyl groups is 1. The molecule has 0 radical (unpaired) electrons. The molecule has 1 N–H and O–H groups in total. The van der Waals surface area contributed by atoms with Crippen LogP contribution in [0.4, 0.5) is 0 Å². The Morgan fingerprint density at radius 2 is 0.881 bits per heavy atom. The minimum Gasteiger partial charge on any atom is -1.00 e. The second kappa shape index (κ2) is 33.5. The average molecular weight is 614 g/mol. The van der Waals surface area contributed by atoms with Crippen molar-refractivity contribution in [2.24, 2.45) is 0 Å². The van der Waals surface area contributed by atoms with E-state index in [9.17, 15) is 9.90 Å². The van der Waals surface area contributed by atoms with Crippen molar-refractivity contribution >= 4 is 5.78 Å². The standard InChI is InChI=1S/C38H76NO2.ClH/c1-5-7-9-11-13-15-17-19-21-22-24-26-28-30-32-34-37(40)38(41)36-39(3,4)35-33-31-29-27-25-23-20-18-16-14-12-10-8-6-2;/h19,21,38,41H,5-18,20,22-36H2,1-4H3;1H/q+1;/p-1/b21-19-;. The fourth-order valence-corrected chi connectivity index (χ4v) is 5.93. The van der Waals surface area contributed by atoms with Gasteiger partial charge in [-0.05, 0) is 44.9 Å². The third kappa shape index (κ3) is 32.5. The van der Waals surface area contributed by atoms with E-state index >= 15 is 0 Å². The van der Waals surface area contributed by atoms with Gasteiger partial charge in [0.15, 0.2) is 11.9 Å². The number of nitrogens with zero attached hydrogens (tertiary/aromatic N) is 1. The van der Waals surface area contributed by atoms with Gasteiger partial charge in [-0.2, -0.15) is 0 Å². The largest absolute Gasteiger partial charge is 1.00 e. The second-order valence-electron chi connectivity index (χ2n) is 13.8. The molecule has 0 aliphatic carbocycles. The SMILES string of the molecule is CCCCCCCC/C=C\CCCCCCCC(=O)C(O)C[N+](C)(C)CCCCCCCCCCCCCCCC.[Cl-]. The van der Waals surface area contributed by atoms with E-state index in [0.29, 0.717) is 13.0 Å². The molecule has 0 aromatic carbocycles. The molecule has 0 bridgehead atoms. The molecule has 0 aromatic heterocycles. The highest BCUT2D eigenvalue weighted by atomic mass is 35.5. The lowest BCUT2D eigenvalue weighted by Gasteiger charge is -2.31. The van der Waals surface area contributed by atoms with Gasteiger partial charge in [0.25, 0.3) is 0 Å². The van der Waals surface area contributed by atoms with Gasteiger partial charge < -0.3 is 22.0 Å². The molecule has 0 aromatic rings. The fourth-order valence-electron chi connectivity index (χ4n) is 5.93. The molecule has 3 nitrogen and oxygen atoms in total. The zero-order valence-corrected chi connectivity index (χ0v) is 29.9. The van der Waals surface area contributed by atoms with Gasteiger partial charge in [0.1, 0.15) is 6.54 Å². The Morgan fingerprint density at radius 1 is 0.548 bits per heavy atom. The van der Waals surface area contributed by atoms with Crippen molar-refractivity contribution in [1.29, 1.82) is 0 Å². The van der Waals surface area contributed by atoms with Gasteiger partial charge >= 0.3 is 0 Å². The number of likely N-dealkylation sites (N-methyl/N-ethyl adjacent to an activating group) is 1. The molecule has 42 heavy (non-hydrogen) atoms. The molecular weight excluding hydrogens is 538 g/mol. The summed E-state index contributed by atoms with van der Waals surface area (Å²) in [5.41, 5.74) is 0. The third-order valence-electron chi connectivity index (χ3n) is 8.84. The first kappa shape index (κ1) is 43.7. The molecule has 0 rings (SSSR count). The first-order valence-electron chi connectivity index (χ1n) is 18.6. The summed E-state index contributed by atoms with van der Waals surface area (Å²) in [6.45, 7) is 6.17. The molecular formula is C38H76ClNO2. The molecule has 0 aliphatic heterocycles. The van der Waals surface area contributed by atoms with Gasteiger partial charge in [0, 0.05) is 6.42 Å². The van der Waals surface area contributed by atoms with Crippen molar-refractivity contribution in [1.82, 2.24) is 0 Å². The summed E-state index contributed by atoms with van der Waals surface area (Å²) in [6.07, 6.45) is 40.2. The number of carbonyl (C=O) groups is 1. The Kier molecular flexibility index (Phi) is 34.9. The van der Waals surface area contributed by atoms with E-state index in [1.165, 1.54) is 161 Å². The minimum atomic E-state index is -0.798. The van der Waals surface area contributed by atoms with Crippen LogP contribution in [-0.2, 0) is 4.79 Å². The summed E-state index contributed by atoms with van der Waals surface area (Å²) in [7, 11) is 4.33. The number of carbonyl (C=O) groups excluding carboxylic acids is 1. The monoisotopic (exact) mass is 614 g/mol. The van der Waals surface area contributed by atoms with Crippen LogP contribution >= 0.6 is 0 Å². The van der Waals surface area contributed by atoms with Crippen molar-refractivity contribution in [3.8, 4) is 0 Å². The molecule has 0 saturated carbocycles. The lowest BCUT2D eigenvalue weighted by molar-refractivity contribution is -0.892. The maximum absolute atomic E-state index is 12.5. The van der Waals surface area contributed by atoms with E-state index in [1.54, 1.807) is 0 Å².